The van der Waals surface area contributed by atoms with Crippen LogP contribution in [-0.2, 0) is 11.2 Å². The summed E-state index contributed by atoms with van der Waals surface area (Å²) in [4.78, 5) is 19.1. The predicted molar refractivity (Wildman–Crippen MR) is 93.7 cm³/mol. The molecule has 0 radical (unpaired) electrons. The number of hydrogen-bond donors (Lipinski definition) is 1. The molecule has 0 aliphatic carbocycles. The van der Waals surface area contributed by atoms with Crippen LogP contribution in [0.2, 0.25) is 0 Å². The standard InChI is InChI=1S/C16H21N5O2S/c1-11(2)10-13-19-20-16(24-13)18-15(22)12-4-3-5-17-14(12)21-6-8-23-9-7-21/h3-5,11H,6-10H2,1-2H3,(H,18,20,22). The molecule has 0 atom stereocenters. The summed E-state index contributed by atoms with van der Waals surface area (Å²) in [5.41, 5.74) is 0.542. The summed E-state index contributed by atoms with van der Waals surface area (Å²) >= 11 is 1.42. The molecule has 0 bridgehead atoms. The van der Waals surface area contributed by atoms with Gasteiger partial charge < -0.3 is 9.64 Å². The molecule has 1 fully saturated rings. The highest BCUT2D eigenvalue weighted by molar-refractivity contribution is 7.15. The SMILES string of the molecule is CC(C)Cc1nnc(NC(=O)c2cccnc2N2CCOCC2)s1. The first kappa shape index (κ1) is 16.8. The lowest BCUT2D eigenvalue weighted by atomic mass is 10.1. The molecule has 1 aliphatic rings. The summed E-state index contributed by atoms with van der Waals surface area (Å²) in [6, 6.07) is 3.55. The van der Waals surface area contributed by atoms with Crippen LogP contribution in [0.5, 0.6) is 0 Å². The lowest BCUT2D eigenvalue weighted by molar-refractivity contribution is 0.102. The molecule has 24 heavy (non-hydrogen) atoms. The summed E-state index contributed by atoms with van der Waals surface area (Å²) in [5.74, 6) is 0.981. The smallest absolute Gasteiger partial charge is 0.261 e. The Morgan fingerprint density at radius 1 is 1.38 bits per heavy atom. The maximum Gasteiger partial charge on any atom is 0.261 e. The number of amides is 1. The molecule has 0 unspecified atom stereocenters. The van der Waals surface area contributed by atoms with E-state index in [9.17, 15) is 4.79 Å². The molecule has 0 spiro atoms. The van der Waals surface area contributed by atoms with Crippen LogP contribution in [0, 0.1) is 5.92 Å². The molecule has 3 rings (SSSR count). The van der Waals surface area contributed by atoms with E-state index < -0.39 is 0 Å². The number of pyridine rings is 1. The summed E-state index contributed by atoms with van der Waals surface area (Å²) in [6.07, 6.45) is 2.56. The first-order chi connectivity index (χ1) is 11.6. The average Bonchev–Trinajstić information content (AvgIpc) is 3.01. The van der Waals surface area contributed by atoms with E-state index in [1.807, 2.05) is 0 Å². The second kappa shape index (κ2) is 7.67. The van der Waals surface area contributed by atoms with Gasteiger partial charge in [-0.15, -0.1) is 10.2 Å². The predicted octanol–water partition coefficient (Wildman–Crippen LogP) is 2.22. The van der Waals surface area contributed by atoms with Gasteiger partial charge in [0, 0.05) is 25.7 Å². The molecule has 1 aliphatic heterocycles. The zero-order valence-electron chi connectivity index (χ0n) is 13.9. The van der Waals surface area contributed by atoms with Crippen molar-refractivity contribution >= 4 is 28.2 Å². The third-order valence-electron chi connectivity index (χ3n) is 3.61. The fourth-order valence-electron chi connectivity index (χ4n) is 2.50. The summed E-state index contributed by atoms with van der Waals surface area (Å²) < 4.78 is 5.36. The van der Waals surface area contributed by atoms with Crippen LogP contribution in [0.15, 0.2) is 18.3 Å². The van der Waals surface area contributed by atoms with E-state index in [-0.39, 0.29) is 5.91 Å². The number of hydrogen-bond acceptors (Lipinski definition) is 7. The minimum atomic E-state index is -0.211. The van der Waals surface area contributed by atoms with Crippen molar-refractivity contribution in [3.8, 4) is 0 Å². The van der Waals surface area contributed by atoms with Crippen LogP contribution in [0.3, 0.4) is 0 Å². The molecule has 3 heterocycles. The van der Waals surface area contributed by atoms with Gasteiger partial charge in [-0.25, -0.2) is 4.98 Å². The Morgan fingerprint density at radius 2 is 2.17 bits per heavy atom. The Labute approximate surface area is 145 Å². The quantitative estimate of drug-likeness (QED) is 0.893. The van der Waals surface area contributed by atoms with Crippen LogP contribution in [0.4, 0.5) is 10.9 Å². The highest BCUT2D eigenvalue weighted by Crippen LogP contribution is 2.22. The van der Waals surface area contributed by atoms with E-state index in [2.05, 4.69) is 39.2 Å². The molecule has 128 valence electrons. The van der Waals surface area contributed by atoms with Crippen LogP contribution >= 0.6 is 11.3 Å². The first-order valence-electron chi connectivity index (χ1n) is 8.05. The van der Waals surface area contributed by atoms with Crippen LogP contribution < -0.4 is 10.2 Å². The van der Waals surface area contributed by atoms with E-state index in [1.165, 1.54) is 11.3 Å². The molecular weight excluding hydrogens is 326 g/mol. The molecule has 0 saturated carbocycles. The fourth-order valence-corrected chi connectivity index (χ4v) is 3.45. The van der Waals surface area contributed by atoms with Crippen molar-refractivity contribution in [2.24, 2.45) is 5.92 Å². The molecule has 2 aromatic rings. The lowest BCUT2D eigenvalue weighted by Crippen LogP contribution is -2.38. The van der Waals surface area contributed by atoms with Gasteiger partial charge in [-0.3, -0.25) is 10.1 Å². The third kappa shape index (κ3) is 4.07. The average molecular weight is 347 g/mol. The Bertz CT molecular complexity index is 697. The fraction of sp³-hybridized carbons (Fsp3) is 0.500. The van der Waals surface area contributed by atoms with Crippen LogP contribution in [0.1, 0.15) is 29.2 Å². The van der Waals surface area contributed by atoms with Crippen molar-refractivity contribution in [1.29, 1.82) is 0 Å². The van der Waals surface area contributed by atoms with E-state index in [4.69, 9.17) is 4.74 Å². The van der Waals surface area contributed by atoms with E-state index >= 15 is 0 Å². The molecule has 7 nitrogen and oxygen atoms in total. The monoisotopic (exact) mass is 347 g/mol. The number of carbonyl (C=O) groups excluding carboxylic acids is 1. The topological polar surface area (TPSA) is 80.2 Å². The van der Waals surface area contributed by atoms with Gasteiger partial charge in [0.15, 0.2) is 0 Å². The van der Waals surface area contributed by atoms with Crippen molar-refractivity contribution in [2.75, 3.05) is 36.5 Å². The summed E-state index contributed by atoms with van der Waals surface area (Å²) in [7, 11) is 0. The van der Waals surface area contributed by atoms with Gasteiger partial charge in [-0.2, -0.15) is 0 Å². The summed E-state index contributed by atoms with van der Waals surface area (Å²) in [6.45, 7) is 7.01. The molecule has 1 N–H and O–H groups in total. The number of morpholine rings is 1. The van der Waals surface area contributed by atoms with Crippen LogP contribution in [0.25, 0.3) is 0 Å². The number of nitrogens with one attached hydrogen (secondary N) is 1. The maximum atomic E-state index is 12.6. The number of aromatic nitrogens is 3. The van der Waals surface area contributed by atoms with Crippen molar-refractivity contribution in [3.63, 3.8) is 0 Å². The van der Waals surface area contributed by atoms with E-state index in [0.717, 1.165) is 24.5 Å². The number of anilines is 2. The van der Waals surface area contributed by atoms with Gasteiger partial charge in [-0.05, 0) is 18.1 Å². The largest absolute Gasteiger partial charge is 0.378 e. The van der Waals surface area contributed by atoms with Gasteiger partial charge in [0.2, 0.25) is 5.13 Å². The molecule has 8 heteroatoms. The van der Waals surface area contributed by atoms with Gasteiger partial charge >= 0.3 is 0 Å². The Kier molecular flexibility index (Phi) is 5.37. The van der Waals surface area contributed by atoms with Crippen molar-refractivity contribution in [3.05, 3.63) is 28.9 Å². The van der Waals surface area contributed by atoms with E-state index in [0.29, 0.717) is 35.6 Å². The maximum absolute atomic E-state index is 12.6. The van der Waals surface area contributed by atoms with Gasteiger partial charge in [0.05, 0.1) is 18.8 Å². The number of rotatable bonds is 5. The number of ether oxygens (including phenoxy) is 1. The Morgan fingerprint density at radius 3 is 2.92 bits per heavy atom. The summed E-state index contributed by atoms with van der Waals surface area (Å²) in [5, 5.41) is 12.5. The zero-order valence-corrected chi connectivity index (χ0v) is 14.7. The highest BCUT2D eigenvalue weighted by Gasteiger charge is 2.20. The molecule has 0 aromatic carbocycles. The van der Waals surface area contributed by atoms with Gasteiger partial charge in [0.25, 0.3) is 5.91 Å². The minimum Gasteiger partial charge on any atom is -0.378 e. The normalized spacial score (nSPS) is 14.9. The van der Waals surface area contributed by atoms with Crippen molar-refractivity contribution in [1.82, 2.24) is 15.2 Å². The van der Waals surface area contributed by atoms with Crippen molar-refractivity contribution in [2.45, 2.75) is 20.3 Å². The van der Waals surface area contributed by atoms with Gasteiger partial charge in [-0.1, -0.05) is 25.2 Å². The van der Waals surface area contributed by atoms with Gasteiger partial charge in [0.1, 0.15) is 10.8 Å². The highest BCUT2D eigenvalue weighted by atomic mass is 32.1. The second-order valence-corrected chi connectivity index (χ2v) is 7.09. The molecule has 2 aromatic heterocycles. The molecular formula is C16H21N5O2S. The number of carbonyl (C=O) groups is 1. The molecule has 1 amide bonds. The zero-order chi connectivity index (χ0) is 16.9. The van der Waals surface area contributed by atoms with Crippen LogP contribution in [-0.4, -0.2) is 47.4 Å². The number of nitrogens with zero attached hydrogens (tertiary/aromatic N) is 4. The lowest BCUT2D eigenvalue weighted by Gasteiger charge is -2.28. The Balaban J connectivity index is 1.74. The molecule has 1 saturated heterocycles. The third-order valence-corrected chi connectivity index (χ3v) is 4.47. The minimum absolute atomic E-state index is 0.211. The Hall–Kier alpha value is -2.06. The van der Waals surface area contributed by atoms with E-state index in [1.54, 1.807) is 18.3 Å². The van der Waals surface area contributed by atoms with Crippen molar-refractivity contribution < 1.29 is 9.53 Å². The second-order valence-electron chi connectivity index (χ2n) is 6.03. The first-order valence-corrected chi connectivity index (χ1v) is 8.86.